The second-order valence-corrected chi connectivity index (χ2v) is 12.5. The van der Waals surface area contributed by atoms with Crippen LogP contribution in [-0.2, 0) is 16.0 Å². The van der Waals surface area contributed by atoms with Crippen molar-refractivity contribution in [1.82, 2.24) is 20.3 Å². The summed E-state index contributed by atoms with van der Waals surface area (Å²) in [6, 6.07) is 15.5. The molecule has 11 heteroatoms. The van der Waals surface area contributed by atoms with Crippen molar-refractivity contribution in [3.05, 3.63) is 82.9 Å². The third-order valence-corrected chi connectivity index (χ3v) is 7.66. The minimum absolute atomic E-state index is 0.0330. The van der Waals surface area contributed by atoms with Gasteiger partial charge in [0.1, 0.15) is 34.1 Å². The molecule has 3 atom stereocenters. The normalized spacial score (nSPS) is 18.6. The van der Waals surface area contributed by atoms with E-state index in [1.807, 2.05) is 30.9 Å². The molecule has 44 heavy (non-hydrogen) atoms. The van der Waals surface area contributed by atoms with Gasteiger partial charge in [0, 0.05) is 42.6 Å². The number of nitrogens with zero attached hydrogens (tertiary/aromatic N) is 4. The van der Waals surface area contributed by atoms with Crippen molar-refractivity contribution in [2.45, 2.75) is 52.9 Å². The number of benzene rings is 1. The molecular weight excluding hydrogens is 585 g/mol. The van der Waals surface area contributed by atoms with Crippen molar-refractivity contribution >= 4 is 40.4 Å². The van der Waals surface area contributed by atoms with Crippen LogP contribution in [0.4, 0.5) is 15.0 Å². The molecule has 0 radical (unpaired) electrons. The summed E-state index contributed by atoms with van der Waals surface area (Å²) >= 11 is 6.43. The maximum atomic E-state index is 15.2. The first-order valence-corrected chi connectivity index (χ1v) is 14.9. The van der Waals surface area contributed by atoms with Gasteiger partial charge in [-0.2, -0.15) is 0 Å². The third-order valence-electron chi connectivity index (χ3n) is 7.30. The molecule has 230 valence electrons. The average molecular weight is 620 g/mol. The van der Waals surface area contributed by atoms with E-state index >= 15 is 4.39 Å². The molecule has 1 aliphatic rings. The Hall–Kier alpha value is -4.31. The number of carbonyl (C=O) groups is 2. The van der Waals surface area contributed by atoms with Gasteiger partial charge in [0.2, 0.25) is 0 Å². The number of alkyl carbamates (subject to hydrolysis) is 1. The molecule has 9 nitrogen and oxygen atoms in total. The van der Waals surface area contributed by atoms with Crippen molar-refractivity contribution in [1.29, 1.82) is 0 Å². The van der Waals surface area contributed by atoms with Crippen molar-refractivity contribution in [3.8, 4) is 11.4 Å². The summed E-state index contributed by atoms with van der Waals surface area (Å²) in [5.74, 6) is -0.610. The monoisotopic (exact) mass is 619 g/mol. The Morgan fingerprint density at radius 2 is 1.75 bits per heavy atom. The molecule has 4 heterocycles. The van der Waals surface area contributed by atoms with Crippen LogP contribution in [0.3, 0.4) is 0 Å². The maximum Gasteiger partial charge on any atom is 0.407 e. The number of piperidine rings is 1. The lowest BCUT2D eigenvalue weighted by Crippen LogP contribution is -2.49. The second-order valence-electron chi connectivity index (χ2n) is 12.1. The van der Waals surface area contributed by atoms with E-state index in [9.17, 15) is 9.59 Å². The van der Waals surface area contributed by atoms with Crippen molar-refractivity contribution in [3.63, 3.8) is 0 Å². The Morgan fingerprint density at radius 1 is 1.05 bits per heavy atom. The van der Waals surface area contributed by atoms with Gasteiger partial charge in [-0.25, -0.2) is 23.9 Å². The number of amides is 1. The van der Waals surface area contributed by atoms with Gasteiger partial charge in [-0.1, -0.05) is 43.6 Å². The fraction of sp³-hybridized carbons (Fsp3) is 0.364. The number of hydrogen-bond acceptors (Lipinski definition) is 8. The Kier molecular flexibility index (Phi) is 9.01. The first kappa shape index (κ1) is 31.1. The molecule has 0 saturated carbocycles. The second kappa shape index (κ2) is 12.7. The fourth-order valence-electron chi connectivity index (χ4n) is 5.30. The molecule has 0 aliphatic carbocycles. The molecule has 1 aromatic carbocycles. The van der Waals surface area contributed by atoms with Gasteiger partial charge < -0.3 is 19.7 Å². The van der Waals surface area contributed by atoms with Crippen LogP contribution in [0.15, 0.2) is 60.8 Å². The largest absolute Gasteiger partial charge is 0.458 e. The number of carbonyl (C=O) groups excluding carboxylic acids is 2. The summed E-state index contributed by atoms with van der Waals surface area (Å²) < 4.78 is 26.4. The average Bonchev–Trinajstić information content (AvgIpc) is 2.98. The van der Waals surface area contributed by atoms with Crippen molar-refractivity contribution in [2.75, 3.05) is 18.0 Å². The summed E-state index contributed by atoms with van der Waals surface area (Å²) in [5.41, 5.74) is 1.66. The SMILES string of the molecule is C[C@@H]1CN(c2cc(F)c(Cl)c(-c3ccc4cnc(CNC(=O)OC(C)(C)C)cc4n3)n2)C[C@H](C)C1OC(=O)c1ccccc1. The lowest BCUT2D eigenvalue weighted by molar-refractivity contribution is -0.00721. The molecule has 1 unspecified atom stereocenters. The van der Waals surface area contributed by atoms with E-state index in [0.29, 0.717) is 41.4 Å². The van der Waals surface area contributed by atoms with E-state index in [4.69, 9.17) is 31.0 Å². The predicted molar refractivity (Wildman–Crippen MR) is 167 cm³/mol. The van der Waals surface area contributed by atoms with Gasteiger partial charge in [-0.05, 0) is 51.1 Å². The van der Waals surface area contributed by atoms with E-state index in [1.165, 1.54) is 6.07 Å². The summed E-state index contributed by atoms with van der Waals surface area (Å²) in [6.45, 7) is 10.5. The zero-order chi connectivity index (χ0) is 31.6. The molecule has 3 aromatic heterocycles. The summed E-state index contributed by atoms with van der Waals surface area (Å²) in [7, 11) is 0. The molecule has 1 fully saturated rings. The highest BCUT2D eigenvalue weighted by molar-refractivity contribution is 6.33. The van der Waals surface area contributed by atoms with Crippen LogP contribution in [-0.4, -0.2) is 51.8 Å². The molecule has 5 rings (SSSR count). The zero-order valence-electron chi connectivity index (χ0n) is 25.3. The number of ether oxygens (including phenoxy) is 2. The molecule has 4 aromatic rings. The topological polar surface area (TPSA) is 107 Å². The summed E-state index contributed by atoms with van der Waals surface area (Å²) in [6.07, 6.45) is 0.804. The van der Waals surface area contributed by atoms with Gasteiger partial charge in [-0.15, -0.1) is 0 Å². The van der Waals surface area contributed by atoms with E-state index in [1.54, 1.807) is 63.4 Å². The Labute approximate surface area is 260 Å². The molecule has 1 saturated heterocycles. The number of nitrogens with one attached hydrogen (secondary N) is 1. The van der Waals surface area contributed by atoms with Crippen molar-refractivity contribution < 1.29 is 23.5 Å². The van der Waals surface area contributed by atoms with Crippen LogP contribution < -0.4 is 10.2 Å². The summed E-state index contributed by atoms with van der Waals surface area (Å²) in [5, 5.41) is 3.32. The highest BCUT2D eigenvalue weighted by Crippen LogP contribution is 2.34. The minimum Gasteiger partial charge on any atom is -0.458 e. The smallest absolute Gasteiger partial charge is 0.407 e. The van der Waals surface area contributed by atoms with Gasteiger partial charge >= 0.3 is 12.1 Å². The number of fused-ring (bicyclic) bond motifs is 1. The minimum atomic E-state index is -0.616. The van der Waals surface area contributed by atoms with Crippen LogP contribution >= 0.6 is 11.6 Å². The molecular formula is C33H35ClFN5O4. The molecule has 1 N–H and O–H groups in total. The van der Waals surface area contributed by atoms with E-state index in [2.05, 4.69) is 10.3 Å². The number of halogens is 2. The molecule has 0 bridgehead atoms. The number of aromatic nitrogens is 3. The van der Waals surface area contributed by atoms with E-state index in [-0.39, 0.29) is 41.2 Å². The number of rotatable bonds is 6. The molecule has 1 amide bonds. The van der Waals surface area contributed by atoms with Crippen LogP contribution in [0.25, 0.3) is 22.3 Å². The van der Waals surface area contributed by atoms with Crippen LogP contribution in [0.5, 0.6) is 0 Å². The van der Waals surface area contributed by atoms with Crippen LogP contribution in [0.1, 0.15) is 50.7 Å². The lowest BCUT2D eigenvalue weighted by atomic mass is 9.88. The lowest BCUT2D eigenvalue weighted by Gasteiger charge is -2.41. The Bertz CT molecular complexity index is 1670. The maximum absolute atomic E-state index is 15.2. The van der Waals surface area contributed by atoms with Gasteiger partial charge in [0.15, 0.2) is 0 Å². The highest BCUT2D eigenvalue weighted by atomic mass is 35.5. The zero-order valence-corrected chi connectivity index (χ0v) is 26.1. The van der Waals surface area contributed by atoms with E-state index in [0.717, 1.165) is 5.39 Å². The van der Waals surface area contributed by atoms with Crippen LogP contribution in [0.2, 0.25) is 5.02 Å². The fourth-order valence-corrected chi connectivity index (χ4v) is 5.50. The Morgan fingerprint density at radius 3 is 2.43 bits per heavy atom. The van der Waals surface area contributed by atoms with E-state index < -0.39 is 17.5 Å². The van der Waals surface area contributed by atoms with Gasteiger partial charge in [0.05, 0.1) is 29.0 Å². The number of esters is 1. The van der Waals surface area contributed by atoms with Crippen molar-refractivity contribution in [2.24, 2.45) is 11.8 Å². The number of pyridine rings is 3. The quantitative estimate of drug-likeness (QED) is 0.234. The third kappa shape index (κ3) is 7.24. The Balaban J connectivity index is 1.35. The van der Waals surface area contributed by atoms with Gasteiger partial charge in [-0.3, -0.25) is 4.98 Å². The first-order valence-electron chi connectivity index (χ1n) is 14.5. The highest BCUT2D eigenvalue weighted by Gasteiger charge is 2.36. The number of hydrogen-bond donors (Lipinski definition) is 1. The standard InChI is InChI=1S/C33H35ClFN5O4/c1-19-17-40(18-20(2)30(19)43-31(41)21-9-7-6-8-10-21)27-14-24(35)28(34)29(39-27)25-12-11-22-15-36-23(13-26(22)38-25)16-37-32(42)44-33(3,4)5/h6-15,19-20,30H,16-18H2,1-5H3,(H,37,42)/t19-,20+,30?. The molecule has 0 spiro atoms. The van der Waals surface area contributed by atoms with Gasteiger partial charge in [0.25, 0.3) is 0 Å². The first-order chi connectivity index (χ1) is 20.9. The number of anilines is 1. The summed E-state index contributed by atoms with van der Waals surface area (Å²) in [4.78, 5) is 40.6. The van der Waals surface area contributed by atoms with Crippen LogP contribution in [0, 0.1) is 17.7 Å². The predicted octanol–water partition coefficient (Wildman–Crippen LogP) is 6.83. The molecule has 1 aliphatic heterocycles.